The van der Waals surface area contributed by atoms with Gasteiger partial charge in [0, 0.05) is 13.0 Å². The van der Waals surface area contributed by atoms with Crippen molar-refractivity contribution in [2.75, 3.05) is 6.54 Å². The predicted molar refractivity (Wildman–Crippen MR) is 65.7 cm³/mol. The van der Waals surface area contributed by atoms with Crippen LogP contribution in [0.2, 0.25) is 0 Å². The highest BCUT2D eigenvalue weighted by Crippen LogP contribution is 2.00. The first-order valence-corrected chi connectivity index (χ1v) is 6.08. The van der Waals surface area contributed by atoms with Gasteiger partial charge >= 0.3 is 0 Å². The van der Waals surface area contributed by atoms with Gasteiger partial charge in [0.1, 0.15) is 0 Å². The molecule has 2 nitrogen and oxygen atoms in total. The van der Waals surface area contributed by atoms with E-state index < -0.39 is 0 Å². The minimum Gasteiger partial charge on any atom is -0.356 e. The average Bonchev–Trinajstić information content (AvgIpc) is 2.20. The molecule has 0 rings (SSSR count). The van der Waals surface area contributed by atoms with Crippen LogP contribution in [-0.2, 0) is 4.79 Å². The van der Waals surface area contributed by atoms with E-state index in [9.17, 15) is 4.79 Å². The minimum absolute atomic E-state index is 0.135. The highest BCUT2D eigenvalue weighted by molar-refractivity contribution is 5.77. The number of amides is 1. The lowest BCUT2D eigenvalue weighted by Gasteiger charge is -2.05. The second-order valence-electron chi connectivity index (χ2n) is 4.37. The van der Waals surface area contributed by atoms with E-state index in [1.807, 2.05) is 6.08 Å². The first-order chi connectivity index (χ1) is 7.16. The molecule has 0 aliphatic carbocycles. The third-order valence-electron chi connectivity index (χ3n) is 2.15. The van der Waals surface area contributed by atoms with Crippen molar-refractivity contribution in [3.05, 3.63) is 12.2 Å². The molecule has 2 heteroatoms. The van der Waals surface area contributed by atoms with Crippen LogP contribution in [-0.4, -0.2) is 12.5 Å². The van der Waals surface area contributed by atoms with Gasteiger partial charge in [0.2, 0.25) is 5.91 Å². The van der Waals surface area contributed by atoms with Gasteiger partial charge in [0.05, 0.1) is 0 Å². The van der Waals surface area contributed by atoms with Gasteiger partial charge in [-0.3, -0.25) is 4.79 Å². The van der Waals surface area contributed by atoms with Crippen LogP contribution in [0, 0.1) is 5.92 Å². The number of unbranched alkanes of at least 4 members (excludes halogenated alkanes) is 3. The van der Waals surface area contributed by atoms with E-state index in [0.29, 0.717) is 12.3 Å². The Bertz CT molecular complexity index is 185. The molecule has 15 heavy (non-hydrogen) atoms. The highest BCUT2D eigenvalue weighted by Gasteiger charge is 1.98. The Morgan fingerprint density at radius 1 is 1.27 bits per heavy atom. The molecular formula is C13H25NO. The van der Waals surface area contributed by atoms with Crippen LogP contribution in [0.1, 0.15) is 52.9 Å². The van der Waals surface area contributed by atoms with Gasteiger partial charge in [-0.15, -0.1) is 0 Å². The van der Waals surface area contributed by atoms with Crippen molar-refractivity contribution < 1.29 is 4.79 Å². The second-order valence-corrected chi connectivity index (χ2v) is 4.37. The Hall–Kier alpha value is -0.790. The lowest BCUT2D eigenvalue weighted by atomic mass is 10.2. The smallest absolute Gasteiger partial charge is 0.223 e. The number of allylic oxidation sites excluding steroid dienone is 1. The summed E-state index contributed by atoms with van der Waals surface area (Å²) in [6.45, 7) is 7.17. The Labute approximate surface area is 94.1 Å². The molecule has 0 unspecified atom stereocenters. The number of rotatable bonds is 8. The van der Waals surface area contributed by atoms with Crippen LogP contribution in [0.3, 0.4) is 0 Å². The predicted octanol–water partition coefficient (Wildman–Crippen LogP) is 3.29. The Morgan fingerprint density at radius 2 is 2.00 bits per heavy atom. The molecule has 0 aromatic heterocycles. The van der Waals surface area contributed by atoms with Gasteiger partial charge in [-0.25, -0.2) is 0 Å². The van der Waals surface area contributed by atoms with Crippen LogP contribution in [0.15, 0.2) is 12.2 Å². The van der Waals surface area contributed by atoms with E-state index in [1.165, 1.54) is 19.3 Å². The SMILES string of the molecule is CCCCCC=CCC(=O)NCC(C)C. The summed E-state index contributed by atoms with van der Waals surface area (Å²) in [5, 5.41) is 2.89. The number of hydrogen-bond donors (Lipinski definition) is 1. The molecule has 0 aliphatic heterocycles. The van der Waals surface area contributed by atoms with Crippen molar-refractivity contribution in [1.82, 2.24) is 5.32 Å². The van der Waals surface area contributed by atoms with E-state index in [1.54, 1.807) is 0 Å². The van der Waals surface area contributed by atoms with Gasteiger partial charge in [-0.2, -0.15) is 0 Å². The summed E-state index contributed by atoms with van der Waals surface area (Å²) >= 11 is 0. The third kappa shape index (κ3) is 11.1. The van der Waals surface area contributed by atoms with Crippen LogP contribution in [0.25, 0.3) is 0 Å². The summed E-state index contributed by atoms with van der Waals surface area (Å²) in [5.41, 5.74) is 0. The van der Waals surface area contributed by atoms with E-state index >= 15 is 0 Å². The molecule has 0 aromatic rings. The zero-order chi connectivity index (χ0) is 11.5. The summed E-state index contributed by atoms with van der Waals surface area (Å²) < 4.78 is 0. The standard InChI is InChI=1S/C13H25NO/c1-4-5-6-7-8-9-10-13(15)14-11-12(2)3/h8-9,12H,4-7,10-11H2,1-3H3,(H,14,15). The Kier molecular flexibility index (Phi) is 9.24. The topological polar surface area (TPSA) is 29.1 Å². The fourth-order valence-electron chi connectivity index (χ4n) is 1.21. The molecule has 0 heterocycles. The number of nitrogens with one attached hydrogen (secondary N) is 1. The van der Waals surface area contributed by atoms with Crippen LogP contribution >= 0.6 is 0 Å². The number of carbonyl (C=O) groups is 1. The molecule has 0 fully saturated rings. The summed E-state index contributed by atoms with van der Waals surface area (Å²) in [4.78, 5) is 11.3. The maximum Gasteiger partial charge on any atom is 0.223 e. The lowest BCUT2D eigenvalue weighted by Crippen LogP contribution is -2.26. The van der Waals surface area contributed by atoms with Crippen molar-refractivity contribution in [2.45, 2.75) is 52.9 Å². The fraction of sp³-hybridized carbons (Fsp3) is 0.769. The molecular weight excluding hydrogens is 186 g/mol. The first-order valence-electron chi connectivity index (χ1n) is 6.08. The molecule has 0 aliphatic rings. The van der Waals surface area contributed by atoms with Gasteiger partial charge in [-0.05, 0) is 18.8 Å². The molecule has 0 bridgehead atoms. The van der Waals surface area contributed by atoms with Crippen LogP contribution in [0.5, 0.6) is 0 Å². The van der Waals surface area contributed by atoms with Crippen molar-refractivity contribution in [1.29, 1.82) is 0 Å². The molecule has 0 saturated heterocycles. The summed E-state index contributed by atoms with van der Waals surface area (Å²) in [5.74, 6) is 0.665. The van der Waals surface area contributed by atoms with Gasteiger partial charge in [0.25, 0.3) is 0 Å². The normalized spacial score (nSPS) is 11.2. The lowest BCUT2D eigenvalue weighted by molar-refractivity contribution is -0.120. The maximum absolute atomic E-state index is 11.3. The molecule has 0 aromatic carbocycles. The average molecular weight is 211 g/mol. The van der Waals surface area contributed by atoms with E-state index in [-0.39, 0.29) is 5.91 Å². The van der Waals surface area contributed by atoms with Crippen LogP contribution < -0.4 is 5.32 Å². The van der Waals surface area contributed by atoms with Gasteiger partial charge < -0.3 is 5.32 Å². The third-order valence-corrected chi connectivity index (χ3v) is 2.15. The van der Waals surface area contributed by atoms with Crippen molar-refractivity contribution >= 4 is 5.91 Å². The largest absolute Gasteiger partial charge is 0.356 e. The van der Waals surface area contributed by atoms with Crippen molar-refractivity contribution in [3.8, 4) is 0 Å². The van der Waals surface area contributed by atoms with Gasteiger partial charge in [-0.1, -0.05) is 45.8 Å². The number of hydrogen-bond acceptors (Lipinski definition) is 1. The quantitative estimate of drug-likeness (QED) is 0.484. The monoisotopic (exact) mass is 211 g/mol. The van der Waals surface area contributed by atoms with E-state index in [2.05, 4.69) is 32.2 Å². The molecule has 1 amide bonds. The number of carbonyl (C=O) groups excluding carboxylic acids is 1. The molecule has 0 radical (unpaired) electrons. The summed E-state index contributed by atoms with van der Waals surface area (Å²) in [6.07, 6.45) is 9.49. The summed E-state index contributed by atoms with van der Waals surface area (Å²) in [7, 11) is 0. The van der Waals surface area contributed by atoms with Crippen molar-refractivity contribution in [2.24, 2.45) is 5.92 Å². The van der Waals surface area contributed by atoms with Crippen molar-refractivity contribution in [3.63, 3.8) is 0 Å². The van der Waals surface area contributed by atoms with E-state index in [4.69, 9.17) is 0 Å². The highest BCUT2D eigenvalue weighted by atomic mass is 16.1. The molecule has 0 atom stereocenters. The molecule has 0 saturated carbocycles. The fourth-order valence-corrected chi connectivity index (χ4v) is 1.21. The Balaban J connectivity index is 3.36. The van der Waals surface area contributed by atoms with E-state index in [0.717, 1.165) is 13.0 Å². The van der Waals surface area contributed by atoms with Crippen LogP contribution in [0.4, 0.5) is 0 Å². The zero-order valence-electron chi connectivity index (χ0n) is 10.4. The Morgan fingerprint density at radius 3 is 2.60 bits per heavy atom. The minimum atomic E-state index is 0.135. The van der Waals surface area contributed by atoms with Gasteiger partial charge in [0.15, 0.2) is 0 Å². The first kappa shape index (κ1) is 14.2. The molecule has 0 spiro atoms. The summed E-state index contributed by atoms with van der Waals surface area (Å²) in [6, 6.07) is 0. The second kappa shape index (κ2) is 9.75. The molecule has 88 valence electrons. The zero-order valence-corrected chi connectivity index (χ0v) is 10.4. The maximum atomic E-state index is 11.3. The molecule has 1 N–H and O–H groups in total.